The summed E-state index contributed by atoms with van der Waals surface area (Å²) in [7, 11) is 0. The number of carbonyl (C=O) groups excluding carboxylic acids is 2. The number of hydrogen-bond donors (Lipinski definition) is 2. The molecule has 176 valence electrons. The number of rotatable bonds is 7. The average molecular weight is 461 g/mol. The number of benzene rings is 1. The Morgan fingerprint density at radius 1 is 1.15 bits per heavy atom. The van der Waals surface area contributed by atoms with Crippen LogP contribution in [0, 0.1) is 0 Å². The van der Waals surface area contributed by atoms with Gasteiger partial charge in [0.2, 0.25) is 5.91 Å². The van der Waals surface area contributed by atoms with Crippen LogP contribution < -0.4 is 20.3 Å². The van der Waals surface area contributed by atoms with E-state index >= 15 is 0 Å². The van der Waals surface area contributed by atoms with E-state index in [2.05, 4.69) is 39.4 Å². The van der Waals surface area contributed by atoms with Crippen LogP contribution in [0.4, 0.5) is 17.2 Å². The highest BCUT2D eigenvalue weighted by atomic mass is 16.5. The third kappa shape index (κ3) is 4.83. The van der Waals surface area contributed by atoms with Gasteiger partial charge in [-0.1, -0.05) is 19.9 Å². The first-order valence-corrected chi connectivity index (χ1v) is 11.2. The molecule has 0 spiro atoms. The summed E-state index contributed by atoms with van der Waals surface area (Å²) in [6.07, 6.45) is 3.24. The quantitative estimate of drug-likeness (QED) is 0.552. The van der Waals surface area contributed by atoms with Gasteiger partial charge in [-0.25, -0.2) is 9.97 Å². The lowest BCUT2D eigenvalue weighted by atomic mass is 9.87. The molecule has 0 radical (unpaired) electrons. The van der Waals surface area contributed by atoms with Crippen molar-refractivity contribution in [2.75, 3.05) is 28.7 Å². The van der Waals surface area contributed by atoms with Gasteiger partial charge in [0, 0.05) is 42.7 Å². The zero-order valence-electron chi connectivity index (χ0n) is 19.8. The molecule has 9 heteroatoms. The van der Waals surface area contributed by atoms with Crippen LogP contribution in [-0.4, -0.2) is 39.9 Å². The minimum atomic E-state index is -0.306. The van der Waals surface area contributed by atoms with Crippen LogP contribution in [0.25, 0.3) is 0 Å². The molecule has 1 aromatic carbocycles. The molecule has 0 aliphatic carbocycles. The number of pyridine rings is 1. The number of ether oxygens (including phenoxy) is 1. The molecule has 0 saturated heterocycles. The van der Waals surface area contributed by atoms with E-state index in [1.54, 1.807) is 42.4 Å². The van der Waals surface area contributed by atoms with Crippen LogP contribution >= 0.6 is 0 Å². The summed E-state index contributed by atoms with van der Waals surface area (Å²) in [5, 5.41) is 6.11. The van der Waals surface area contributed by atoms with E-state index in [9.17, 15) is 9.59 Å². The van der Waals surface area contributed by atoms with Crippen molar-refractivity contribution in [1.29, 1.82) is 0 Å². The molecular weight excluding hydrogens is 432 g/mol. The van der Waals surface area contributed by atoms with Crippen LogP contribution in [0.2, 0.25) is 0 Å². The van der Waals surface area contributed by atoms with Gasteiger partial charge in [-0.15, -0.1) is 0 Å². The molecule has 1 aliphatic rings. The van der Waals surface area contributed by atoms with Crippen LogP contribution in [0.3, 0.4) is 0 Å². The second-order valence-corrected chi connectivity index (χ2v) is 8.69. The number of hydrogen-bond acceptors (Lipinski definition) is 7. The molecule has 0 saturated carbocycles. The summed E-state index contributed by atoms with van der Waals surface area (Å²) < 4.78 is 5.34. The largest absolute Gasteiger partial charge is 0.464 e. The van der Waals surface area contributed by atoms with Gasteiger partial charge >= 0.3 is 6.01 Å². The van der Waals surface area contributed by atoms with E-state index in [0.717, 1.165) is 11.3 Å². The number of nitrogens with one attached hydrogen (secondary N) is 2. The smallest absolute Gasteiger partial charge is 0.316 e. The fourth-order valence-corrected chi connectivity index (χ4v) is 4.03. The van der Waals surface area contributed by atoms with Crippen LogP contribution in [0.1, 0.15) is 49.3 Å². The minimum Gasteiger partial charge on any atom is -0.464 e. The van der Waals surface area contributed by atoms with Crippen molar-refractivity contribution in [2.45, 2.75) is 39.7 Å². The van der Waals surface area contributed by atoms with Crippen LogP contribution in [0.15, 0.2) is 48.8 Å². The lowest BCUT2D eigenvalue weighted by Gasteiger charge is -2.19. The van der Waals surface area contributed by atoms with Gasteiger partial charge in [0.05, 0.1) is 24.4 Å². The number of nitrogens with zero attached hydrogens (tertiary/aromatic N) is 4. The molecule has 0 bridgehead atoms. The predicted octanol–water partition coefficient (Wildman–Crippen LogP) is 3.78. The summed E-state index contributed by atoms with van der Waals surface area (Å²) in [5.41, 5.74) is 3.48. The second-order valence-electron chi connectivity index (χ2n) is 8.69. The Hall–Kier alpha value is -4.01. The van der Waals surface area contributed by atoms with Gasteiger partial charge in [-0.3, -0.25) is 9.59 Å². The number of amides is 2. The maximum Gasteiger partial charge on any atom is 0.316 e. The Bertz CT molecular complexity index is 1230. The fourth-order valence-electron chi connectivity index (χ4n) is 4.03. The first-order valence-electron chi connectivity index (χ1n) is 11.2. The van der Waals surface area contributed by atoms with Gasteiger partial charge in [0.15, 0.2) is 0 Å². The Morgan fingerprint density at radius 3 is 2.74 bits per heavy atom. The molecule has 0 atom stereocenters. The highest BCUT2D eigenvalue weighted by Gasteiger charge is 2.37. The Balaban J connectivity index is 1.51. The van der Waals surface area contributed by atoms with Gasteiger partial charge in [-0.2, -0.15) is 4.98 Å². The van der Waals surface area contributed by atoms with Gasteiger partial charge in [0.1, 0.15) is 5.82 Å². The summed E-state index contributed by atoms with van der Waals surface area (Å²) >= 11 is 0. The van der Waals surface area contributed by atoms with Crippen molar-refractivity contribution in [1.82, 2.24) is 15.0 Å². The molecule has 34 heavy (non-hydrogen) atoms. The van der Waals surface area contributed by atoms with Crippen molar-refractivity contribution in [3.05, 3.63) is 65.6 Å². The first-order chi connectivity index (χ1) is 16.3. The highest BCUT2D eigenvalue weighted by molar-refractivity contribution is 6.08. The Labute approximate surface area is 198 Å². The van der Waals surface area contributed by atoms with Crippen molar-refractivity contribution < 1.29 is 14.3 Å². The Kier molecular flexibility index (Phi) is 6.45. The number of anilines is 3. The summed E-state index contributed by atoms with van der Waals surface area (Å²) in [6.45, 7) is 9.07. The molecule has 0 fully saturated rings. The van der Waals surface area contributed by atoms with Gasteiger partial charge in [-0.05, 0) is 42.8 Å². The third-order valence-corrected chi connectivity index (χ3v) is 5.66. The number of carbonyl (C=O) groups is 2. The third-order valence-electron chi connectivity index (χ3n) is 5.66. The molecule has 4 rings (SSSR count). The normalized spacial score (nSPS) is 13.8. The maximum absolute atomic E-state index is 13.1. The van der Waals surface area contributed by atoms with Crippen molar-refractivity contribution >= 4 is 29.0 Å². The van der Waals surface area contributed by atoms with Crippen molar-refractivity contribution in [3.63, 3.8) is 0 Å². The predicted molar refractivity (Wildman–Crippen MR) is 130 cm³/mol. The van der Waals surface area contributed by atoms with Gasteiger partial charge in [0.25, 0.3) is 5.91 Å². The summed E-state index contributed by atoms with van der Waals surface area (Å²) in [4.78, 5) is 39.7. The van der Waals surface area contributed by atoms with Crippen LogP contribution in [-0.2, 0) is 16.8 Å². The summed E-state index contributed by atoms with van der Waals surface area (Å²) in [6, 6.07) is 11.2. The van der Waals surface area contributed by atoms with Crippen molar-refractivity contribution in [2.24, 2.45) is 0 Å². The minimum absolute atomic E-state index is 0.0220. The monoisotopic (exact) mass is 460 g/mol. The molecule has 2 aromatic heterocycles. The zero-order valence-corrected chi connectivity index (χ0v) is 19.8. The topological polar surface area (TPSA) is 109 Å². The van der Waals surface area contributed by atoms with Gasteiger partial charge < -0.3 is 20.3 Å². The molecule has 2 N–H and O–H groups in total. The lowest BCUT2D eigenvalue weighted by molar-refractivity contribution is -0.116. The molecule has 3 aromatic rings. The standard InChI is InChI=1S/C25H28N6O3/c1-5-34-24-27-12-10-18(30-24)14-28-22-19(7-6-11-26-22)23(33)29-17-8-9-20-21(13-17)31(16(2)32)15-25(20,3)4/h6-13H,5,14-15H2,1-4H3,(H,26,28)(H,29,33). The molecule has 3 heterocycles. The van der Waals surface area contributed by atoms with Crippen molar-refractivity contribution in [3.8, 4) is 6.01 Å². The molecule has 1 aliphatic heterocycles. The van der Waals surface area contributed by atoms with E-state index in [-0.39, 0.29) is 17.2 Å². The van der Waals surface area contributed by atoms with E-state index in [1.807, 2.05) is 25.1 Å². The molecule has 9 nitrogen and oxygen atoms in total. The van der Waals surface area contributed by atoms with Crippen LogP contribution in [0.5, 0.6) is 6.01 Å². The Morgan fingerprint density at radius 2 is 1.97 bits per heavy atom. The second kappa shape index (κ2) is 9.46. The maximum atomic E-state index is 13.1. The lowest BCUT2D eigenvalue weighted by Crippen LogP contribution is -2.32. The van der Waals surface area contributed by atoms with E-state index < -0.39 is 0 Å². The first kappa shape index (κ1) is 23.2. The average Bonchev–Trinajstić information content (AvgIpc) is 3.09. The van der Waals surface area contributed by atoms with E-state index in [0.29, 0.717) is 48.5 Å². The summed E-state index contributed by atoms with van der Waals surface area (Å²) in [5.74, 6) is 0.107. The van der Waals surface area contributed by atoms with E-state index in [4.69, 9.17) is 4.74 Å². The molecular formula is C25H28N6O3. The highest BCUT2D eigenvalue weighted by Crippen LogP contribution is 2.41. The molecule has 0 unspecified atom stereocenters. The SMILES string of the molecule is CCOc1nccc(CNc2ncccc2C(=O)Nc2ccc3c(c2)N(C(C)=O)CC3(C)C)n1. The zero-order chi connectivity index (χ0) is 24.3. The molecule has 2 amide bonds. The van der Waals surface area contributed by atoms with E-state index in [1.165, 1.54) is 0 Å². The number of fused-ring (bicyclic) bond motifs is 1. The fraction of sp³-hybridized carbons (Fsp3) is 0.320. The number of aromatic nitrogens is 3.